The molecule has 4 aliphatic carbocycles. The van der Waals surface area contributed by atoms with Crippen LogP contribution >= 0.6 is 0 Å². The molecule has 4 aliphatic rings. The van der Waals surface area contributed by atoms with E-state index in [1.165, 1.54) is 19.3 Å². The van der Waals surface area contributed by atoms with Crippen LogP contribution in [0.15, 0.2) is 0 Å². The molecule has 0 amide bonds. The number of hydrogen-bond donors (Lipinski definition) is 3. The van der Waals surface area contributed by atoms with Gasteiger partial charge in [-0.05, 0) is 104 Å². The summed E-state index contributed by atoms with van der Waals surface area (Å²) >= 11 is 0. The van der Waals surface area contributed by atoms with Crippen LogP contribution in [0.4, 0.5) is 0 Å². The van der Waals surface area contributed by atoms with Gasteiger partial charge in [-0.2, -0.15) is 0 Å². The molecule has 0 saturated heterocycles. The average Bonchev–Trinajstić information content (AvgIpc) is 3.00. The summed E-state index contributed by atoms with van der Waals surface area (Å²) in [5.41, 5.74) is 0.216. The smallest absolute Gasteiger partial charge is 0.303 e. The first-order valence-electron chi connectivity index (χ1n) is 11.8. The Morgan fingerprint density at radius 3 is 2.50 bits per heavy atom. The van der Waals surface area contributed by atoms with E-state index < -0.39 is 5.97 Å². The van der Waals surface area contributed by atoms with E-state index in [9.17, 15) is 15.0 Å². The van der Waals surface area contributed by atoms with E-state index in [0.717, 1.165) is 38.5 Å². The Morgan fingerprint density at radius 2 is 1.79 bits per heavy atom. The highest BCUT2D eigenvalue weighted by atomic mass is 16.4. The molecule has 0 heterocycles. The summed E-state index contributed by atoms with van der Waals surface area (Å²) in [6.45, 7) is 6.99. The van der Waals surface area contributed by atoms with Crippen LogP contribution in [0.1, 0.15) is 85.0 Å². The van der Waals surface area contributed by atoms with Crippen molar-refractivity contribution in [3.8, 4) is 0 Å². The van der Waals surface area contributed by atoms with Crippen molar-refractivity contribution in [2.24, 2.45) is 46.3 Å². The second-order valence-electron chi connectivity index (χ2n) is 11.3. The first-order chi connectivity index (χ1) is 13.2. The molecule has 0 aromatic rings. The Balaban J connectivity index is 1.56. The number of fused-ring (bicyclic) bond motifs is 5. The molecule has 0 aliphatic heterocycles. The van der Waals surface area contributed by atoms with E-state index in [1.54, 1.807) is 0 Å². The highest BCUT2D eigenvalue weighted by Crippen LogP contribution is 2.68. The summed E-state index contributed by atoms with van der Waals surface area (Å²) in [6, 6.07) is 0. The second kappa shape index (κ2) is 7.27. The van der Waals surface area contributed by atoms with Gasteiger partial charge in [0.25, 0.3) is 0 Å². The van der Waals surface area contributed by atoms with Crippen LogP contribution in [0, 0.1) is 46.3 Å². The Hall–Kier alpha value is -0.610. The standard InChI is InChI=1S/C24H40O4/c1-14(4-9-22(27)28)18-7-8-19-17-6-5-15-12-16(25)10-11-23(15,2)20(17)13-21(26)24(18,19)3/h14-21,25-26H,4-13H2,1-3H3,(H,27,28)/t14-,15-,16+,17-,18?,19+,20-,21-,23+,24+/m1/s1. The zero-order valence-corrected chi connectivity index (χ0v) is 17.9. The van der Waals surface area contributed by atoms with Gasteiger partial charge in [0.05, 0.1) is 12.2 Å². The minimum absolute atomic E-state index is 0.0591. The fourth-order valence-corrected chi connectivity index (χ4v) is 8.71. The lowest BCUT2D eigenvalue weighted by Gasteiger charge is -2.62. The van der Waals surface area contributed by atoms with Crippen LogP contribution in [0.5, 0.6) is 0 Å². The second-order valence-corrected chi connectivity index (χ2v) is 11.3. The molecule has 0 aromatic heterocycles. The third-order valence-electron chi connectivity index (χ3n) is 10.3. The van der Waals surface area contributed by atoms with Crippen molar-refractivity contribution in [3.63, 3.8) is 0 Å². The molecular formula is C24H40O4. The van der Waals surface area contributed by atoms with Crippen molar-refractivity contribution in [3.05, 3.63) is 0 Å². The van der Waals surface area contributed by atoms with Crippen LogP contribution in [0.25, 0.3) is 0 Å². The van der Waals surface area contributed by atoms with Crippen molar-refractivity contribution in [2.45, 2.75) is 97.2 Å². The van der Waals surface area contributed by atoms with Crippen LogP contribution in [0.3, 0.4) is 0 Å². The Labute approximate surface area is 170 Å². The highest BCUT2D eigenvalue weighted by Gasteiger charge is 2.63. The number of carboxylic acid groups (broad SMARTS) is 1. The predicted octanol–water partition coefficient (Wildman–Crippen LogP) is 4.48. The molecule has 0 bridgehead atoms. The average molecular weight is 393 g/mol. The lowest BCUT2D eigenvalue weighted by Crippen LogP contribution is -2.58. The van der Waals surface area contributed by atoms with Crippen molar-refractivity contribution >= 4 is 5.97 Å². The quantitative estimate of drug-likeness (QED) is 0.659. The van der Waals surface area contributed by atoms with Gasteiger partial charge in [0.1, 0.15) is 0 Å². The minimum atomic E-state index is -0.707. The zero-order chi connectivity index (χ0) is 20.3. The lowest BCUT2D eigenvalue weighted by molar-refractivity contribution is -0.175. The summed E-state index contributed by atoms with van der Waals surface area (Å²) in [5, 5.41) is 30.8. The van der Waals surface area contributed by atoms with E-state index in [-0.39, 0.29) is 29.5 Å². The van der Waals surface area contributed by atoms with Crippen molar-refractivity contribution in [2.75, 3.05) is 0 Å². The van der Waals surface area contributed by atoms with E-state index in [1.807, 2.05) is 0 Å². The molecular weight excluding hydrogens is 352 g/mol. The number of carbonyl (C=O) groups is 1. The fourth-order valence-electron chi connectivity index (χ4n) is 8.71. The van der Waals surface area contributed by atoms with Crippen molar-refractivity contribution in [1.29, 1.82) is 0 Å². The van der Waals surface area contributed by atoms with Gasteiger partial charge >= 0.3 is 5.97 Å². The van der Waals surface area contributed by atoms with E-state index in [0.29, 0.717) is 35.5 Å². The number of rotatable bonds is 4. The largest absolute Gasteiger partial charge is 0.481 e. The summed E-state index contributed by atoms with van der Waals surface area (Å²) in [6.07, 6.45) is 9.26. The molecule has 28 heavy (non-hydrogen) atoms. The summed E-state index contributed by atoms with van der Waals surface area (Å²) < 4.78 is 0. The number of aliphatic hydroxyl groups excluding tert-OH is 2. The predicted molar refractivity (Wildman–Crippen MR) is 109 cm³/mol. The third-order valence-corrected chi connectivity index (χ3v) is 10.3. The summed E-state index contributed by atoms with van der Waals surface area (Å²) in [7, 11) is 0. The maximum atomic E-state index is 11.5. The van der Waals surface area contributed by atoms with Crippen LogP contribution in [-0.4, -0.2) is 33.5 Å². The molecule has 1 unspecified atom stereocenters. The van der Waals surface area contributed by atoms with Gasteiger partial charge in [0, 0.05) is 6.42 Å². The Bertz CT molecular complexity index is 605. The molecule has 10 atom stereocenters. The van der Waals surface area contributed by atoms with Crippen molar-refractivity contribution in [1.82, 2.24) is 0 Å². The molecule has 4 rings (SSSR count). The highest BCUT2D eigenvalue weighted by molar-refractivity contribution is 5.66. The van der Waals surface area contributed by atoms with Gasteiger partial charge in [0.2, 0.25) is 0 Å². The maximum Gasteiger partial charge on any atom is 0.303 e. The minimum Gasteiger partial charge on any atom is -0.481 e. The van der Waals surface area contributed by atoms with E-state index in [2.05, 4.69) is 20.8 Å². The fraction of sp³-hybridized carbons (Fsp3) is 0.958. The van der Waals surface area contributed by atoms with Crippen LogP contribution in [-0.2, 0) is 4.79 Å². The maximum absolute atomic E-state index is 11.5. The summed E-state index contributed by atoms with van der Waals surface area (Å²) in [4.78, 5) is 11.1. The normalized spacial score (nSPS) is 51.7. The number of aliphatic hydroxyl groups is 2. The van der Waals surface area contributed by atoms with E-state index >= 15 is 0 Å². The first-order valence-corrected chi connectivity index (χ1v) is 11.8. The molecule has 4 fully saturated rings. The van der Waals surface area contributed by atoms with Gasteiger partial charge in [-0.3, -0.25) is 4.79 Å². The molecule has 4 heteroatoms. The third kappa shape index (κ3) is 3.05. The van der Waals surface area contributed by atoms with Gasteiger partial charge in [0.15, 0.2) is 0 Å². The molecule has 4 nitrogen and oxygen atoms in total. The Morgan fingerprint density at radius 1 is 1.04 bits per heavy atom. The molecule has 0 radical (unpaired) electrons. The van der Waals surface area contributed by atoms with Crippen LogP contribution in [0.2, 0.25) is 0 Å². The first kappa shape index (κ1) is 20.7. The molecule has 160 valence electrons. The molecule has 0 aromatic carbocycles. The number of aliphatic carboxylic acids is 1. The van der Waals surface area contributed by atoms with E-state index in [4.69, 9.17) is 5.11 Å². The van der Waals surface area contributed by atoms with Crippen molar-refractivity contribution < 1.29 is 20.1 Å². The number of carboxylic acids is 1. The van der Waals surface area contributed by atoms with Crippen LogP contribution < -0.4 is 0 Å². The summed E-state index contributed by atoms with van der Waals surface area (Å²) in [5.74, 6) is 2.55. The molecule has 4 saturated carbocycles. The molecule has 0 spiro atoms. The topological polar surface area (TPSA) is 77.8 Å². The lowest BCUT2D eigenvalue weighted by atomic mass is 9.43. The monoisotopic (exact) mass is 392 g/mol. The number of hydrogen-bond acceptors (Lipinski definition) is 3. The van der Waals surface area contributed by atoms with Gasteiger partial charge in [-0.25, -0.2) is 0 Å². The van der Waals surface area contributed by atoms with Gasteiger partial charge in [-0.1, -0.05) is 20.8 Å². The Kier molecular flexibility index (Phi) is 5.36. The van der Waals surface area contributed by atoms with Gasteiger partial charge < -0.3 is 15.3 Å². The zero-order valence-electron chi connectivity index (χ0n) is 17.9. The molecule has 3 N–H and O–H groups in total. The van der Waals surface area contributed by atoms with Gasteiger partial charge in [-0.15, -0.1) is 0 Å². The SMILES string of the molecule is C[C@H](CCC(=O)O)C1CC[C@H]2[C@H]3CC[C@@H]4C[C@@H](O)CC[C@]4(C)[C@@H]3C[C@@H](O)[C@@]12C.